The lowest BCUT2D eigenvalue weighted by molar-refractivity contribution is -0.128. The molecule has 0 heterocycles. The fourth-order valence-corrected chi connectivity index (χ4v) is 0.936. The summed E-state index contributed by atoms with van der Waals surface area (Å²) in [5, 5.41) is 3.06. The van der Waals surface area contributed by atoms with Crippen LogP contribution in [0.3, 0.4) is 0 Å². The Hall–Kier alpha value is -0.610. The quantitative estimate of drug-likeness (QED) is 0.670. The Morgan fingerprint density at radius 1 is 1.40 bits per heavy atom. The molecule has 1 N–H and O–H groups in total. The van der Waals surface area contributed by atoms with Gasteiger partial charge in [-0.05, 0) is 27.7 Å². The van der Waals surface area contributed by atoms with E-state index in [1.807, 2.05) is 27.7 Å². The maximum Gasteiger partial charge on any atom is 0.236 e. The Morgan fingerprint density at radius 3 is 2.47 bits per heavy atom. The summed E-state index contributed by atoms with van der Waals surface area (Å²) in [6.07, 6.45) is 0. The van der Waals surface area contributed by atoms with E-state index in [0.717, 1.165) is 6.54 Å². The molecule has 15 heavy (non-hydrogen) atoms. The highest BCUT2D eigenvalue weighted by Gasteiger charge is 2.09. The van der Waals surface area contributed by atoms with Crippen LogP contribution in [0.25, 0.3) is 0 Å². The average Bonchev–Trinajstić information content (AvgIpc) is 2.14. The van der Waals surface area contributed by atoms with Gasteiger partial charge in [-0.2, -0.15) is 0 Å². The van der Waals surface area contributed by atoms with Crippen molar-refractivity contribution in [2.45, 2.75) is 33.3 Å². The van der Waals surface area contributed by atoms with E-state index < -0.39 is 0 Å². The summed E-state index contributed by atoms with van der Waals surface area (Å²) in [6.45, 7) is 10.5. The molecule has 0 aromatic carbocycles. The molecular weight excluding hydrogens is 192 g/mol. The van der Waals surface area contributed by atoms with Crippen molar-refractivity contribution >= 4 is 5.91 Å². The van der Waals surface area contributed by atoms with Gasteiger partial charge in [-0.1, -0.05) is 0 Å². The largest absolute Gasteiger partial charge is 0.375 e. The summed E-state index contributed by atoms with van der Waals surface area (Å²) in [4.78, 5) is 13.0. The molecule has 1 amide bonds. The Balaban J connectivity index is 3.43. The lowest BCUT2D eigenvalue weighted by Gasteiger charge is -2.20. The molecule has 0 saturated heterocycles. The van der Waals surface area contributed by atoms with Gasteiger partial charge in [0.2, 0.25) is 5.91 Å². The minimum atomic E-state index is -0.105. The number of nitrogens with one attached hydrogen (secondary N) is 1. The number of rotatable bonds is 6. The minimum absolute atomic E-state index is 0.105. The van der Waals surface area contributed by atoms with Crippen LogP contribution in [0.4, 0.5) is 0 Å². The molecule has 4 nitrogen and oxygen atoms in total. The molecule has 0 atom stereocenters. The lowest BCUT2D eigenvalue weighted by atomic mass is 10.2. The second-order valence-electron chi connectivity index (χ2n) is 4.55. The summed E-state index contributed by atoms with van der Waals surface area (Å²) in [6, 6.07) is 0. The van der Waals surface area contributed by atoms with E-state index >= 15 is 0 Å². The van der Waals surface area contributed by atoms with Gasteiger partial charge in [-0.25, -0.2) is 0 Å². The lowest BCUT2D eigenvalue weighted by Crippen LogP contribution is -2.37. The van der Waals surface area contributed by atoms with Crippen LogP contribution >= 0.6 is 0 Å². The van der Waals surface area contributed by atoms with Crippen molar-refractivity contribution in [2.24, 2.45) is 0 Å². The van der Waals surface area contributed by atoms with Crippen molar-refractivity contribution in [2.75, 3.05) is 33.3 Å². The van der Waals surface area contributed by atoms with Crippen molar-refractivity contribution in [3.63, 3.8) is 0 Å². The van der Waals surface area contributed by atoms with Gasteiger partial charge in [0, 0.05) is 20.1 Å². The third-order valence-electron chi connectivity index (χ3n) is 1.99. The van der Waals surface area contributed by atoms with Crippen LogP contribution in [0.2, 0.25) is 0 Å². The van der Waals surface area contributed by atoms with Gasteiger partial charge >= 0.3 is 0 Å². The molecule has 0 fully saturated rings. The summed E-state index contributed by atoms with van der Waals surface area (Å²) in [5.41, 5.74) is -0.105. The van der Waals surface area contributed by atoms with Crippen molar-refractivity contribution in [1.82, 2.24) is 10.2 Å². The van der Waals surface area contributed by atoms with Gasteiger partial charge in [0.25, 0.3) is 0 Å². The first-order valence-corrected chi connectivity index (χ1v) is 5.45. The molecule has 0 aliphatic carbocycles. The average molecular weight is 216 g/mol. The number of hydrogen-bond donors (Lipinski definition) is 1. The Labute approximate surface area is 93.0 Å². The molecular formula is C11H24N2O2. The number of likely N-dealkylation sites (N-methyl/N-ethyl adjacent to an activating group) is 1. The zero-order valence-corrected chi connectivity index (χ0v) is 10.6. The summed E-state index contributed by atoms with van der Waals surface area (Å²) in [7, 11) is 1.80. The SMILES string of the molecule is CCN(C)C(=O)CNCCOC(C)(C)C. The van der Waals surface area contributed by atoms with E-state index in [9.17, 15) is 4.79 Å². The molecule has 0 aliphatic rings. The second kappa shape index (κ2) is 6.80. The Bertz CT molecular complexity index is 188. The third-order valence-corrected chi connectivity index (χ3v) is 1.99. The summed E-state index contributed by atoms with van der Waals surface area (Å²) >= 11 is 0. The summed E-state index contributed by atoms with van der Waals surface area (Å²) < 4.78 is 5.51. The topological polar surface area (TPSA) is 41.6 Å². The molecule has 0 bridgehead atoms. The molecule has 0 aliphatic heterocycles. The van der Waals surface area contributed by atoms with Crippen LogP contribution in [0, 0.1) is 0 Å². The minimum Gasteiger partial charge on any atom is -0.375 e. The smallest absolute Gasteiger partial charge is 0.236 e. The van der Waals surface area contributed by atoms with Crippen LogP contribution in [-0.4, -0.2) is 49.7 Å². The first-order chi connectivity index (χ1) is 6.87. The maximum absolute atomic E-state index is 11.4. The van der Waals surface area contributed by atoms with Crippen molar-refractivity contribution in [3.8, 4) is 0 Å². The van der Waals surface area contributed by atoms with E-state index in [4.69, 9.17) is 4.74 Å². The van der Waals surface area contributed by atoms with Gasteiger partial charge in [-0.15, -0.1) is 0 Å². The highest BCUT2D eigenvalue weighted by atomic mass is 16.5. The van der Waals surface area contributed by atoms with Gasteiger partial charge in [0.15, 0.2) is 0 Å². The molecule has 4 heteroatoms. The monoisotopic (exact) mass is 216 g/mol. The number of ether oxygens (including phenoxy) is 1. The van der Waals surface area contributed by atoms with E-state index in [2.05, 4.69) is 5.32 Å². The number of carbonyl (C=O) groups is 1. The van der Waals surface area contributed by atoms with Gasteiger partial charge in [0.05, 0.1) is 18.8 Å². The zero-order chi connectivity index (χ0) is 11.9. The standard InChI is InChI=1S/C11H24N2O2/c1-6-13(5)10(14)9-12-7-8-15-11(2,3)4/h12H,6-9H2,1-5H3. The van der Waals surface area contributed by atoms with E-state index in [1.54, 1.807) is 11.9 Å². The van der Waals surface area contributed by atoms with Crippen LogP contribution in [0.1, 0.15) is 27.7 Å². The normalized spacial score (nSPS) is 11.5. The van der Waals surface area contributed by atoms with Gasteiger partial charge in [0.1, 0.15) is 0 Å². The van der Waals surface area contributed by atoms with Gasteiger partial charge < -0.3 is 15.0 Å². The van der Waals surface area contributed by atoms with Crippen molar-refractivity contribution in [1.29, 1.82) is 0 Å². The highest BCUT2D eigenvalue weighted by molar-refractivity contribution is 5.77. The predicted octanol–water partition coefficient (Wildman–Crippen LogP) is 0.869. The van der Waals surface area contributed by atoms with E-state index in [0.29, 0.717) is 19.7 Å². The van der Waals surface area contributed by atoms with Crippen molar-refractivity contribution in [3.05, 3.63) is 0 Å². The third kappa shape index (κ3) is 8.39. The Morgan fingerprint density at radius 2 is 2.00 bits per heavy atom. The number of carbonyl (C=O) groups excluding carboxylic acids is 1. The predicted molar refractivity (Wildman–Crippen MR) is 61.9 cm³/mol. The fourth-order valence-electron chi connectivity index (χ4n) is 0.936. The van der Waals surface area contributed by atoms with Gasteiger partial charge in [-0.3, -0.25) is 4.79 Å². The number of amides is 1. The van der Waals surface area contributed by atoms with Crippen LogP contribution in [0.5, 0.6) is 0 Å². The first kappa shape index (κ1) is 14.4. The molecule has 0 aromatic heterocycles. The Kier molecular flexibility index (Phi) is 6.52. The molecule has 0 rings (SSSR count). The molecule has 90 valence electrons. The first-order valence-electron chi connectivity index (χ1n) is 5.45. The molecule has 0 aromatic rings. The maximum atomic E-state index is 11.4. The van der Waals surface area contributed by atoms with Crippen molar-refractivity contribution < 1.29 is 9.53 Å². The summed E-state index contributed by atoms with van der Waals surface area (Å²) in [5.74, 6) is 0.119. The zero-order valence-electron chi connectivity index (χ0n) is 10.6. The number of hydrogen-bond acceptors (Lipinski definition) is 3. The fraction of sp³-hybridized carbons (Fsp3) is 0.909. The second-order valence-corrected chi connectivity index (χ2v) is 4.55. The van der Waals surface area contributed by atoms with Crippen LogP contribution in [0.15, 0.2) is 0 Å². The molecule has 0 spiro atoms. The van der Waals surface area contributed by atoms with Crippen LogP contribution in [-0.2, 0) is 9.53 Å². The van der Waals surface area contributed by atoms with E-state index in [-0.39, 0.29) is 11.5 Å². The molecule has 0 unspecified atom stereocenters. The van der Waals surface area contributed by atoms with E-state index in [1.165, 1.54) is 0 Å². The highest BCUT2D eigenvalue weighted by Crippen LogP contribution is 2.04. The van der Waals surface area contributed by atoms with Crippen LogP contribution < -0.4 is 5.32 Å². The molecule has 0 saturated carbocycles. The number of nitrogens with zero attached hydrogens (tertiary/aromatic N) is 1. The molecule has 0 radical (unpaired) electrons.